The van der Waals surface area contributed by atoms with Gasteiger partial charge in [0.25, 0.3) is 0 Å². The Morgan fingerprint density at radius 2 is 2.00 bits per heavy atom. The number of anilines is 1. The number of esters is 1. The molecule has 1 rings (SSSR count). The Labute approximate surface area is 105 Å². The molecule has 0 saturated carbocycles. The Morgan fingerprint density at radius 3 is 2.56 bits per heavy atom. The van der Waals surface area contributed by atoms with Crippen molar-refractivity contribution in [1.82, 2.24) is 14.9 Å². The lowest BCUT2D eigenvalue weighted by molar-refractivity contribution is -0.142. The number of ether oxygens (including phenoxy) is 1. The first-order valence-electron chi connectivity index (χ1n) is 5.51. The van der Waals surface area contributed by atoms with Crippen LogP contribution in [0.3, 0.4) is 0 Å². The van der Waals surface area contributed by atoms with Crippen molar-refractivity contribution in [1.29, 1.82) is 0 Å². The van der Waals surface area contributed by atoms with Crippen molar-refractivity contribution in [3.63, 3.8) is 0 Å². The number of carbonyl (C=O) groups excluding carboxylic acids is 2. The number of hydrogen-bond donors (Lipinski definition) is 1. The average Bonchev–Trinajstić information content (AvgIpc) is 2.38. The number of likely N-dealkylation sites (N-methyl/N-ethyl adjacent to an activating group) is 1. The molecule has 0 aliphatic rings. The zero-order valence-corrected chi connectivity index (χ0v) is 10.4. The molecule has 1 aromatic heterocycles. The van der Waals surface area contributed by atoms with Gasteiger partial charge in [-0.15, -0.1) is 0 Å². The van der Waals surface area contributed by atoms with Gasteiger partial charge in [-0.25, -0.2) is 9.97 Å². The van der Waals surface area contributed by atoms with E-state index in [1.807, 2.05) is 6.92 Å². The van der Waals surface area contributed by atoms with Crippen LogP contribution in [0.5, 0.6) is 0 Å². The molecule has 1 aromatic rings. The molecule has 0 spiro atoms. The Morgan fingerprint density at radius 1 is 1.33 bits per heavy atom. The predicted octanol–water partition coefficient (Wildman–Crippen LogP) is -0.0900. The van der Waals surface area contributed by atoms with Crippen LogP contribution in [-0.2, 0) is 14.3 Å². The topological polar surface area (TPSA) is 84.4 Å². The van der Waals surface area contributed by atoms with Crippen molar-refractivity contribution in [2.24, 2.45) is 0 Å². The molecule has 98 valence electrons. The first-order chi connectivity index (χ1) is 8.65. The summed E-state index contributed by atoms with van der Waals surface area (Å²) >= 11 is 0. The minimum Gasteiger partial charge on any atom is -0.468 e. The van der Waals surface area contributed by atoms with Crippen molar-refractivity contribution in [3.05, 3.63) is 18.5 Å². The predicted molar refractivity (Wildman–Crippen MR) is 64.8 cm³/mol. The molecule has 0 fully saturated rings. The lowest BCUT2D eigenvalue weighted by atomic mass is 10.4. The van der Waals surface area contributed by atoms with Gasteiger partial charge in [-0.1, -0.05) is 6.92 Å². The highest BCUT2D eigenvalue weighted by atomic mass is 16.5. The summed E-state index contributed by atoms with van der Waals surface area (Å²) in [7, 11) is 1.31. The van der Waals surface area contributed by atoms with Crippen molar-refractivity contribution >= 4 is 17.8 Å². The van der Waals surface area contributed by atoms with E-state index < -0.39 is 0 Å². The van der Waals surface area contributed by atoms with Crippen LogP contribution < -0.4 is 5.32 Å². The lowest BCUT2D eigenvalue weighted by Gasteiger charge is -2.17. The van der Waals surface area contributed by atoms with E-state index in [1.165, 1.54) is 19.5 Å². The van der Waals surface area contributed by atoms with Gasteiger partial charge in [-0.3, -0.25) is 19.8 Å². The highest BCUT2D eigenvalue weighted by molar-refractivity contribution is 5.90. The Kier molecular flexibility index (Phi) is 5.72. The van der Waals surface area contributed by atoms with Crippen LogP contribution in [0.25, 0.3) is 0 Å². The second-order valence-electron chi connectivity index (χ2n) is 3.50. The van der Waals surface area contributed by atoms with E-state index in [9.17, 15) is 9.59 Å². The van der Waals surface area contributed by atoms with Gasteiger partial charge in [0.2, 0.25) is 11.9 Å². The van der Waals surface area contributed by atoms with Gasteiger partial charge in [0.05, 0.1) is 20.2 Å². The van der Waals surface area contributed by atoms with Gasteiger partial charge < -0.3 is 4.74 Å². The number of rotatable bonds is 6. The highest BCUT2D eigenvalue weighted by Crippen LogP contribution is 1.96. The van der Waals surface area contributed by atoms with Crippen LogP contribution >= 0.6 is 0 Å². The largest absolute Gasteiger partial charge is 0.468 e. The summed E-state index contributed by atoms with van der Waals surface area (Å²) < 4.78 is 4.55. The molecule has 0 unspecified atom stereocenters. The van der Waals surface area contributed by atoms with Gasteiger partial charge >= 0.3 is 5.97 Å². The number of amides is 1. The van der Waals surface area contributed by atoms with Crippen LogP contribution in [0, 0.1) is 0 Å². The minimum absolute atomic E-state index is 0.0794. The molecule has 1 amide bonds. The van der Waals surface area contributed by atoms with Gasteiger partial charge in [0.15, 0.2) is 0 Å². The third kappa shape index (κ3) is 4.88. The molecular weight excluding hydrogens is 236 g/mol. The molecular formula is C11H16N4O3. The number of nitrogens with zero attached hydrogens (tertiary/aromatic N) is 3. The third-order valence-electron chi connectivity index (χ3n) is 2.21. The second kappa shape index (κ2) is 7.33. The summed E-state index contributed by atoms with van der Waals surface area (Å²) in [6.45, 7) is 2.59. The molecule has 0 radical (unpaired) electrons. The molecule has 0 aliphatic heterocycles. The monoisotopic (exact) mass is 252 g/mol. The Bertz CT molecular complexity index is 397. The number of methoxy groups -OCH3 is 1. The van der Waals surface area contributed by atoms with Crippen LogP contribution in [0.1, 0.15) is 6.92 Å². The number of nitrogens with one attached hydrogen (secondary N) is 1. The van der Waals surface area contributed by atoms with Gasteiger partial charge in [-0.2, -0.15) is 0 Å². The molecule has 18 heavy (non-hydrogen) atoms. The zero-order valence-electron chi connectivity index (χ0n) is 10.4. The van der Waals surface area contributed by atoms with Crippen LogP contribution in [0.2, 0.25) is 0 Å². The standard InChI is InChI=1S/C11H16N4O3/c1-3-15(8-10(17)18-2)7-9(16)14-11-12-5-4-6-13-11/h4-6H,3,7-8H2,1-2H3,(H,12,13,14,16). The number of hydrogen-bond acceptors (Lipinski definition) is 6. The lowest BCUT2D eigenvalue weighted by Crippen LogP contribution is -2.37. The summed E-state index contributed by atoms with van der Waals surface area (Å²) in [4.78, 5) is 32.2. The molecule has 0 aromatic carbocycles. The normalized spacial score (nSPS) is 10.2. The van der Waals surface area contributed by atoms with E-state index in [1.54, 1.807) is 11.0 Å². The summed E-state index contributed by atoms with van der Waals surface area (Å²) in [5, 5.41) is 2.54. The number of carbonyl (C=O) groups is 2. The number of aromatic nitrogens is 2. The summed E-state index contributed by atoms with van der Waals surface area (Å²) in [6, 6.07) is 1.66. The van der Waals surface area contributed by atoms with Crippen molar-refractivity contribution in [2.45, 2.75) is 6.92 Å². The van der Waals surface area contributed by atoms with Crippen LogP contribution in [-0.4, -0.2) is 53.5 Å². The molecule has 0 bridgehead atoms. The van der Waals surface area contributed by atoms with E-state index in [2.05, 4.69) is 20.0 Å². The maximum absolute atomic E-state index is 11.7. The fourth-order valence-electron chi connectivity index (χ4n) is 1.26. The first-order valence-corrected chi connectivity index (χ1v) is 5.51. The Balaban J connectivity index is 2.45. The average molecular weight is 252 g/mol. The van der Waals surface area contributed by atoms with E-state index in [4.69, 9.17) is 0 Å². The van der Waals surface area contributed by atoms with Crippen molar-refractivity contribution in [3.8, 4) is 0 Å². The quantitative estimate of drug-likeness (QED) is 0.712. The molecule has 0 atom stereocenters. The molecule has 0 saturated heterocycles. The van der Waals surface area contributed by atoms with Crippen molar-refractivity contribution in [2.75, 3.05) is 32.1 Å². The summed E-state index contributed by atoms with van der Waals surface area (Å²) in [5.41, 5.74) is 0. The molecule has 0 aliphatic carbocycles. The van der Waals surface area contributed by atoms with Crippen molar-refractivity contribution < 1.29 is 14.3 Å². The third-order valence-corrected chi connectivity index (χ3v) is 2.21. The fourth-order valence-corrected chi connectivity index (χ4v) is 1.26. The van der Waals surface area contributed by atoms with E-state index >= 15 is 0 Å². The molecule has 7 nitrogen and oxygen atoms in total. The van der Waals surface area contributed by atoms with Crippen LogP contribution in [0.15, 0.2) is 18.5 Å². The molecule has 1 N–H and O–H groups in total. The van der Waals surface area contributed by atoms with Crippen LogP contribution in [0.4, 0.5) is 5.95 Å². The van der Waals surface area contributed by atoms with Gasteiger partial charge in [0.1, 0.15) is 0 Å². The van der Waals surface area contributed by atoms with Gasteiger partial charge in [0, 0.05) is 12.4 Å². The fraction of sp³-hybridized carbons (Fsp3) is 0.455. The van der Waals surface area contributed by atoms with Gasteiger partial charge in [-0.05, 0) is 12.6 Å². The second-order valence-corrected chi connectivity index (χ2v) is 3.50. The Hall–Kier alpha value is -2.02. The maximum Gasteiger partial charge on any atom is 0.319 e. The first kappa shape index (κ1) is 14.0. The highest BCUT2D eigenvalue weighted by Gasteiger charge is 2.13. The minimum atomic E-state index is -0.374. The van der Waals surface area contributed by atoms with E-state index in [-0.39, 0.29) is 30.9 Å². The van der Waals surface area contributed by atoms with E-state index in [0.29, 0.717) is 6.54 Å². The SMILES string of the molecule is CCN(CC(=O)Nc1ncccn1)CC(=O)OC. The zero-order chi connectivity index (χ0) is 13.4. The smallest absolute Gasteiger partial charge is 0.319 e. The summed E-state index contributed by atoms with van der Waals surface area (Å²) in [5.74, 6) is -0.399. The maximum atomic E-state index is 11.7. The molecule has 1 heterocycles. The summed E-state index contributed by atoms with van der Waals surface area (Å²) in [6.07, 6.45) is 3.07. The molecule has 7 heteroatoms. The van der Waals surface area contributed by atoms with E-state index in [0.717, 1.165) is 0 Å².